The summed E-state index contributed by atoms with van der Waals surface area (Å²) in [7, 11) is 0. The minimum atomic E-state index is -1.48. The molecule has 2 aromatic carbocycles. The Bertz CT molecular complexity index is 873. The molecule has 180 valence electrons. The van der Waals surface area contributed by atoms with E-state index in [1.54, 1.807) is 6.07 Å². The Balaban J connectivity index is 1.42. The van der Waals surface area contributed by atoms with Crippen molar-refractivity contribution in [2.45, 2.75) is 83.9 Å². The average molecular weight is 459 g/mol. The van der Waals surface area contributed by atoms with Crippen LogP contribution in [0.2, 0.25) is 0 Å². The molecule has 0 amide bonds. The van der Waals surface area contributed by atoms with Crippen molar-refractivity contribution in [1.82, 2.24) is 0 Å². The van der Waals surface area contributed by atoms with Crippen molar-refractivity contribution in [3.05, 3.63) is 53.8 Å². The number of rotatable bonds is 11. The van der Waals surface area contributed by atoms with Crippen LogP contribution in [0.15, 0.2) is 42.5 Å². The molecule has 3 nitrogen and oxygen atoms in total. The highest BCUT2D eigenvalue weighted by atomic mass is 19.1. The van der Waals surface area contributed by atoms with Gasteiger partial charge in [0.15, 0.2) is 17.7 Å². The number of unbranched alkanes of at least 4 members (excludes halogenated alkanes) is 1. The van der Waals surface area contributed by atoms with Crippen molar-refractivity contribution >= 4 is 5.97 Å². The fourth-order valence-electron chi connectivity index (χ4n) is 4.47. The molecule has 0 aromatic heterocycles. The number of ether oxygens (including phenoxy) is 2. The van der Waals surface area contributed by atoms with E-state index in [1.807, 2.05) is 32.0 Å². The third-order valence-corrected chi connectivity index (χ3v) is 6.50. The van der Waals surface area contributed by atoms with Crippen LogP contribution >= 0.6 is 0 Å². The number of alkyl halides is 1. The third kappa shape index (κ3) is 7.55. The highest BCUT2D eigenvalue weighted by molar-refractivity contribution is 5.74. The van der Waals surface area contributed by atoms with Crippen LogP contribution in [0.3, 0.4) is 0 Å². The topological polar surface area (TPSA) is 35.5 Å². The van der Waals surface area contributed by atoms with Gasteiger partial charge in [-0.1, -0.05) is 50.1 Å². The fourth-order valence-corrected chi connectivity index (χ4v) is 4.47. The molecular weight excluding hydrogens is 422 g/mol. The predicted octanol–water partition coefficient (Wildman–Crippen LogP) is 7.45. The van der Waals surface area contributed by atoms with Crippen LogP contribution in [0.5, 0.6) is 5.75 Å². The number of halogens is 2. The maximum Gasteiger partial charge on any atom is 0.340 e. The molecule has 1 aliphatic carbocycles. The number of benzene rings is 2. The molecule has 1 aliphatic rings. The molecule has 2 aromatic rings. The lowest BCUT2D eigenvalue weighted by atomic mass is 9.83. The quantitative estimate of drug-likeness (QED) is 0.328. The van der Waals surface area contributed by atoms with Gasteiger partial charge in [-0.2, -0.15) is 0 Å². The Hall–Kier alpha value is -2.43. The maximum absolute atomic E-state index is 14.1. The first-order valence-corrected chi connectivity index (χ1v) is 12.4. The van der Waals surface area contributed by atoms with E-state index < -0.39 is 12.1 Å². The van der Waals surface area contributed by atoms with E-state index in [2.05, 4.69) is 12.1 Å². The van der Waals surface area contributed by atoms with Crippen molar-refractivity contribution in [3.8, 4) is 16.9 Å². The Morgan fingerprint density at radius 1 is 1.03 bits per heavy atom. The monoisotopic (exact) mass is 458 g/mol. The lowest BCUT2D eigenvalue weighted by molar-refractivity contribution is -0.157. The SMILES string of the molecule is CCCC[C@H](F)C(=O)O[C@H]1CC[C@H](CCc2ccc(-c3ccc(OCC)c(F)c3)cc2)CC1. The summed E-state index contributed by atoms with van der Waals surface area (Å²) in [5.41, 5.74) is 3.07. The van der Waals surface area contributed by atoms with E-state index in [1.165, 1.54) is 11.6 Å². The van der Waals surface area contributed by atoms with Crippen LogP contribution < -0.4 is 4.74 Å². The molecule has 0 N–H and O–H groups in total. The zero-order valence-electron chi connectivity index (χ0n) is 19.8. The first-order chi connectivity index (χ1) is 16.0. The minimum Gasteiger partial charge on any atom is -0.491 e. The molecule has 1 saturated carbocycles. The van der Waals surface area contributed by atoms with Crippen LogP contribution in [-0.2, 0) is 16.0 Å². The standard InChI is InChI=1S/C28H36F2O3/c1-3-5-6-25(29)28(31)33-24-16-11-21(12-17-24)8-7-20-9-13-22(14-10-20)23-15-18-27(32-4-2)26(30)19-23/h9-10,13-15,18-19,21,24-25H,3-8,11-12,16-17H2,1-2H3/t21-,24-,25-/m0/s1. The van der Waals surface area contributed by atoms with Crippen LogP contribution in [0.4, 0.5) is 8.78 Å². The van der Waals surface area contributed by atoms with Gasteiger partial charge in [0.1, 0.15) is 6.10 Å². The fraction of sp³-hybridized carbons (Fsp3) is 0.536. The highest BCUT2D eigenvalue weighted by Crippen LogP contribution is 2.31. The second-order valence-corrected chi connectivity index (χ2v) is 9.00. The summed E-state index contributed by atoms with van der Waals surface area (Å²) in [5.74, 6) is -0.147. The molecule has 33 heavy (non-hydrogen) atoms. The van der Waals surface area contributed by atoms with Crippen molar-refractivity contribution < 1.29 is 23.0 Å². The highest BCUT2D eigenvalue weighted by Gasteiger charge is 2.27. The molecule has 0 spiro atoms. The van der Waals surface area contributed by atoms with Gasteiger partial charge in [-0.3, -0.25) is 0 Å². The van der Waals surface area contributed by atoms with Gasteiger partial charge >= 0.3 is 5.97 Å². The number of carbonyl (C=O) groups is 1. The number of esters is 1. The van der Waals surface area contributed by atoms with Gasteiger partial charge < -0.3 is 9.47 Å². The van der Waals surface area contributed by atoms with Crippen LogP contribution in [0, 0.1) is 11.7 Å². The predicted molar refractivity (Wildman–Crippen MR) is 128 cm³/mol. The van der Waals surface area contributed by atoms with Gasteiger partial charge in [0.05, 0.1) is 6.61 Å². The largest absolute Gasteiger partial charge is 0.491 e. The average Bonchev–Trinajstić information content (AvgIpc) is 2.83. The summed E-state index contributed by atoms with van der Waals surface area (Å²) in [6.45, 7) is 4.26. The second-order valence-electron chi connectivity index (χ2n) is 9.00. The van der Waals surface area contributed by atoms with E-state index in [0.717, 1.165) is 56.1 Å². The number of carbonyl (C=O) groups excluding carboxylic acids is 1. The Labute approximate surface area is 196 Å². The summed E-state index contributed by atoms with van der Waals surface area (Å²) in [4.78, 5) is 11.9. The summed E-state index contributed by atoms with van der Waals surface area (Å²) >= 11 is 0. The van der Waals surface area contributed by atoms with Crippen molar-refractivity contribution in [3.63, 3.8) is 0 Å². The van der Waals surface area contributed by atoms with Crippen molar-refractivity contribution in [2.24, 2.45) is 5.92 Å². The molecule has 5 heteroatoms. The van der Waals surface area contributed by atoms with E-state index in [-0.39, 0.29) is 24.1 Å². The Kier molecular flexibility index (Phi) is 9.71. The Morgan fingerprint density at radius 3 is 2.36 bits per heavy atom. The van der Waals surface area contributed by atoms with Crippen LogP contribution in [0.25, 0.3) is 11.1 Å². The number of hydrogen-bond donors (Lipinski definition) is 0. The van der Waals surface area contributed by atoms with Gasteiger partial charge in [-0.05, 0) is 86.6 Å². The molecule has 0 bridgehead atoms. The summed E-state index contributed by atoms with van der Waals surface area (Å²) in [5, 5.41) is 0. The molecular formula is C28H36F2O3. The maximum atomic E-state index is 14.1. The van der Waals surface area contributed by atoms with Crippen LogP contribution in [0.1, 0.15) is 70.8 Å². The van der Waals surface area contributed by atoms with Gasteiger partial charge in [-0.15, -0.1) is 0 Å². The van der Waals surface area contributed by atoms with E-state index >= 15 is 0 Å². The molecule has 1 fully saturated rings. The smallest absolute Gasteiger partial charge is 0.340 e. The second kappa shape index (κ2) is 12.7. The van der Waals surface area contributed by atoms with Crippen molar-refractivity contribution in [2.75, 3.05) is 6.61 Å². The lowest BCUT2D eigenvalue weighted by Gasteiger charge is -2.28. The van der Waals surface area contributed by atoms with Crippen molar-refractivity contribution in [1.29, 1.82) is 0 Å². The third-order valence-electron chi connectivity index (χ3n) is 6.50. The summed E-state index contributed by atoms with van der Waals surface area (Å²) < 4.78 is 38.6. The molecule has 0 heterocycles. The molecule has 0 aliphatic heterocycles. The normalized spacial score (nSPS) is 19.2. The molecule has 0 unspecified atom stereocenters. The van der Waals surface area contributed by atoms with Gasteiger partial charge in [0, 0.05) is 0 Å². The zero-order valence-corrected chi connectivity index (χ0v) is 19.8. The zero-order chi connectivity index (χ0) is 23.6. The van der Waals surface area contributed by atoms with Gasteiger partial charge in [-0.25, -0.2) is 13.6 Å². The molecule has 1 atom stereocenters. The Morgan fingerprint density at radius 2 is 1.73 bits per heavy atom. The first kappa shape index (κ1) is 25.2. The van der Waals surface area contributed by atoms with Crippen LogP contribution in [-0.4, -0.2) is 24.9 Å². The molecule has 3 rings (SSSR count). The molecule has 0 saturated heterocycles. The molecule has 0 radical (unpaired) electrons. The lowest BCUT2D eigenvalue weighted by Crippen LogP contribution is -2.29. The summed E-state index contributed by atoms with van der Waals surface area (Å²) in [6.07, 6.45) is 5.95. The van der Waals surface area contributed by atoms with Gasteiger partial charge in [0.2, 0.25) is 0 Å². The number of aryl methyl sites for hydroxylation is 1. The van der Waals surface area contributed by atoms with E-state index in [0.29, 0.717) is 18.9 Å². The summed E-state index contributed by atoms with van der Waals surface area (Å²) in [6, 6.07) is 13.3. The first-order valence-electron chi connectivity index (χ1n) is 12.4. The van der Waals surface area contributed by atoms with E-state index in [9.17, 15) is 13.6 Å². The number of hydrogen-bond acceptors (Lipinski definition) is 3. The van der Waals surface area contributed by atoms with E-state index in [4.69, 9.17) is 9.47 Å². The minimum absolute atomic E-state index is 0.137. The van der Waals surface area contributed by atoms with Gasteiger partial charge in [0.25, 0.3) is 0 Å².